The van der Waals surface area contributed by atoms with Gasteiger partial charge in [0.05, 0.1) is 0 Å². The molecule has 1 heterocycles. The normalized spacial score (nSPS) is 10.0. The maximum absolute atomic E-state index is 11.8. The highest BCUT2D eigenvalue weighted by Crippen LogP contribution is 2.19. The molecule has 0 aliphatic carbocycles. The van der Waals surface area contributed by atoms with Crippen LogP contribution in [0.25, 0.3) is 0 Å². The van der Waals surface area contributed by atoms with Gasteiger partial charge in [-0.15, -0.1) is 11.3 Å². The van der Waals surface area contributed by atoms with Crippen LogP contribution in [0.5, 0.6) is 0 Å². The Bertz CT molecular complexity index is 508. The minimum atomic E-state index is -0.00668. The van der Waals surface area contributed by atoms with E-state index in [2.05, 4.69) is 10.3 Å². The number of carbonyl (C=O) groups is 1. The van der Waals surface area contributed by atoms with Gasteiger partial charge in [0.1, 0.15) is 0 Å². The average Bonchev–Trinajstić information content (AvgIpc) is 2.81. The Balaban J connectivity index is 2.20. The molecule has 2 rings (SSSR count). The molecular weight excluding hydrogens is 234 g/mol. The monoisotopic (exact) mass is 247 g/mol. The first kappa shape index (κ1) is 11.6. The molecule has 5 heteroatoms. The maximum Gasteiger partial charge on any atom is 0.253 e. The Morgan fingerprint density at radius 1 is 1.41 bits per heavy atom. The number of rotatable bonds is 3. The first-order valence-corrected chi connectivity index (χ1v) is 6.03. The van der Waals surface area contributed by atoms with Crippen LogP contribution >= 0.6 is 11.3 Å². The number of aromatic nitrogens is 1. The lowest BCUT2D eigenvalue weighted by atomic mass is 10.2. The van der Waals surface area contributed by atoms with E-state index in [-0.39, 0.29) is 5.91 Å². The smallest absolute Gasteiger partial charge is 0.253 e. The van der Waals surface area contributed by atoms with Crippen molar-refractivity contribution >= 4 is 28.1 Å². The zero-order chi connectivity index (χ0) is 12.3. The van der Waals surface area contributed by atoms with Crippen molar-refractivity contribution in [3.63, 3.8) is 0 Å². The van der Waals surface area contributed by atoms with Crippen molar-refractivity contribution in [2.75, 3.05) is 19.4 Å². The molecule has 88 valence electrons. The molecule has 1 N–H and O–H groups in total. The SMILES string of the molecule is CN(C)C(=O)c1cccc(Nc2nccs2)c1. The quantitative estimate of drug-likeness (QED) is 0.906. The Morgan fingerprint density at radius 3 is 2.88 bits per heavy atom. The Hall–Kier alpha value is -1.88. The zero-order valence-corrected chi connectivity index (χ0v) is 10.5. The van der Waals surface area contributed by atoms with Crippen molar-refractivity contribution in [2.45, 2.75) is 0 Å². The van der Waals surface area contributed by atoms with Gasteiger partial charge in [0.15, 0.2) is 5.13 Å². The fraction of sp³-hybridized carbons (Fsp3) is 0.167. The minimum Gasteiger partial charge on any atom is -0.345 e. The molecule has 0 fully saturated rings. The van der Waals surface area contributed by atoms with Crippen LogP contribution in [0.1, 0.15) is 10.4 Å². The highest BCUT2D eigenvalue weighted by Gasteiger charge is 2.08. The van der Waals surface area contributed by atoms with Gasteiger partial charge in [0.2, 0.25) is 0 Å². The maximum atomic E-state index is 11.8. The number of amides is 1. The molecule has 0 unspecified atom stereocenters. The van der Waals surface area contributed by atoms with Crippen LogP contribution in [0.3, 0.4) is 0 Å². The second-order valence-corrected chi connectivity index (χ2v) is 4.64. The molecule has 0 atom stereocenters. The van der Waals surface area contributed by atoms with Gasteiger partial charge in [-0.2, -0.15) is 0 Å². The lowest BCUT2D eigenvalue weighted by Crippen LogP contribution is -2.21. The molecule has 17 heavy (non-hydrogen) atoms. The molecule has 0 aliphatic rings. The fourth-order valence-electron chi connectivity index (χ4n) is 1.40. The number of hydrogen-bond acceptors (Lipinski definition) is 4. The van der Waals surface area contributed by atoms with Crippen LogP contribution in [0.15, 0.2) is 35.8 Å². The van der Waals surface area contributed by atoms with Crippen LogP contribution in [0.4, 0.5) is 10.8 Å². The summed E-state index contributed by atoms with van der Waals surface area (Å²) in [6.07, 6.45) is 1.74. The van der Waals surface area contributed by atoms with Gasteiger partial charge in [-0.25, -0.2) is 4.98 Å². The minimum absolute atomic E-state index is 0.00668. The van der Waals surface area contributed by atoms with Crippen LogP contribution in [-0.4, -0.2) is 29.9 Å². The molecule has 4 nitrogen and oxygen atoms in total. The number of anilines is 2. The van der Waals surface area contributed by atoms with Gasteiger partial charge >= 0.3 is 0 Å². The van der Waals surface area contributed by atoms with Crippen molar-refractivity contribution in [2.24, 2.45) is 0 Å². The number of carbonyl (C=O) groups excluding carboxylic acids is 1. The number of thiazole rings is 1. The van der Waals surface area contributed by atoms with Crippen molar-refractivity contribution < 1.29 is 4.79 Å². The Morgan fingerprint density at radius 2 is 2.24 bits per heavy atom. The van der Waals surface area contributed by atoms with Crippen LogP contribution in [0.2, 0.25) is 0 Å². The second kappa shape index (κ2) is 4.97. The summed E-state index contributed by atoms with van der Waals surface area (Å²) >= 11 is 1.52. The van der Waals surface area contributed by atoms with E-state index < -0.39 is 0 Å². The third-order valence-electron chi connectivity index (χ3n) is 2.20. The summed E-state index contributed by atoms with van der Waals surface area (Å²) < 4.78 is 0. The van der Waals surface area contributed by atoms with Gasteiger partial charge < -0.3 is 10.2 Å². The van der Waals surface area contributed by atoms with Crippen LogP contribution in [0, 0.1) is 0 Å². The molecule has 2 aromatic rings. The predicted octanol–water partition coefficient (Wildman–Crippen LogP) is 2.59. The summed E-state index contributed by atoms with van der Waals surface area (Å²) in [5, 5.41) is 5.87. The Labute approximate surface area is 104 Å². The van der Waals surface area contributed by atoms with E-state index in [1.807, 2.05) is 23.6 Å². The average molecular weight is 247 g/mol. The molecule has 1 aromatic heterocycles. The summed E-state index contributed by atoms with van der Waals surface area (Å²) in [5.74, 6) is -0.00668. The second-order valence-electron chi connectivity index (χ2n) is 3.74. The molecule has 0 saturated heterocycles. The number of nitrogens with zero attached hydrogens (tertiary/aromatic N) is 2. The lowest BCUT2D eigenvalue weighted by Gasteiger charge is -2.11. The molecule has 1 amide bonds. The first-order chi connectivity index (χ1) is 8.16. The predicted molar refractivity (Wildman–Crippen MR) is 69.9 cm³/mol. The van der Waals surface area contributed by atoms with Gasteiger partial charge in [-0.3, -0.25) is 4.79 Å². The lowest BCUT2D eigenvalue weighted by molar-refractivity contribution is 0.0827. The van der Waals surface area contributed by atoms with Crippen molar-refractivity contribution in [3.8, 4) is 0 Å². The molecule has 0 bridgehead atoms. The van der Waals surface area contributed by atoms with E-state index in [1.165, 1.54) is 11.3 Å². The number of nitrogens with one attached hydrogen (secondary N) is 1. The highest BCUT2D eigenvalue weighted by molar-refractivity contribution is 7.13. The van der Waals surface area contributed by atoms with Crippen LogP contribution in [-0.2, 0) is 0 Å². The van der Waals surface area contributed by atoms with Gasteiger partial charge in [-0.1, -0.05) is 6.07 Å². The van der Waals surface area contributed by atoms with Gasteiger partial charge in [0.25, 0.3) is 5.91 Å². The summed E-state index contributed by atoms with van der Waals surface area (Å²) in [5.41, 5.74) is 1.53. The topological polar surface area (TPSA) is 45.2 Å². The van der Waals surface area contributed by atoms with E-state index in [1.54, 1.807) is 31.3 Å². The standard InChI is InChI=1S/C12H13N3OS/c1-15(2)11(16)9-4-3-5-10(8-9)14-12-13-6-7-17-12/h3-8H,1-2H3,(H,13,14). The highest BCUT2D eigenvalue weighted by atomic mass is 32.1. The molecular formula is C12H13N3OS. The van der Waals surface area contributed by atoms with Crippen molar-refractivity contribution in [3.05, 3.63) is 41.4 Å². The van der Waals surface area contributed by atoms with Crippen molar-refractivity contribution in [1.29, 1.82) is 0 Å². The third kappa shape index (κ3) is 2.82. The summed E-state index contributed by atoms with van der Waals surface area (Å²) in [6, 6.07) is 7.39. The molecule has 0 aliphatic heterocycles. The van der Waals surface area contributed by atoms with E-state index in [9.17, 15) is 4.79 Å². The first-order valence-electron chi connectivity index (χ1n) is 5.15. The molecule has 0 saturated carbocycles. The molecule has 0 spiro atoms. The number of benzene rings is 1. The van der Waals surface area contributed by atoms with Crippen molar-refractivity contribution in [1.82, 2.24) is 9.88 Å². The third-order valence-corrected chi connectivity index (χ3v) is 2.89. The van der Waals surface area contributed by atoms with E-state index in [0.29, 0.717) is 5.56 Å². The fourth-order valence-corrected chi connectivity index (χ4v) is 1.95. The largest absolute Gasteiger partial charge is 0.345 e. The van der Waals surface area contributed by atoms with E-state index in [0.717, 1.165) is 10.8 Å². The van der Waals surface area contributed by atoms with Gasteiger partial charge in [-0.05, 0) is 18.2 Å². The zero-order valence-electron chi connectivity index (χ0n) is 9.68. The van der Waals surface area contributed by atoms with Gasteiger partial charge in [0, 0.05) is 36.9 Å². The summed E-state index contributed by atoms with van der Waals surface area (Å²) in [4.78, 5) is 17.5. The molecule has 1 aromatic carbocycles. The van der Waals surface area contributed by atoms with E-state index in [4.69, 9.17) is 0 Å². The van der Waals surface area contributed by atoms with E-state index >= 15 is 0 Å². The summed E-state index contributed by atoms with van der Waals surface area (Å²) in [7, 11) is 3.48. The Kier molecular flexibility index (Phi) is 3.39. The van der Waals surface area contributed by atoms with Crippen LogP contribution < -0.4 is 5.32 Å². The summed E-state index contributed by atoms with van der Waals surface area (Å²) in [6.45, 7) is 0. The molecule has 0 radical (unpaired) electrons. The number of hydrogen-bond donors (Lipinski definition) is 1.